The molecule has 0 saturated heterocycles. The molecule has 1 amide bonds. The van der Waals surface area contributed by atoms with Crippen molar-refractivity contribution in [2.75, 3.05) is 6.54 Å². The topological polar surface area (TPSA) is 61.4 Å². The first-order chi connectivity index (χ1) is 8.19. The van der Waals surface area contributed by atoms with Crippen LogP contribution in [0.25, 0.3) is 0 Å². The molecule has 0 heterocycles. The average molecular weight is 258 g/mol. The molecule has 0 radical (unpaired) electrons. The second-order valence-corrected chi connectivity index (χ2v) is 5.76. The van der Waals surface area contributed by atoms with Gasteiger partial charge in [-0.2, -0.15) is 0 Å². The fourth-order valence-corrected chi connectivity index (χ4v) is 1.47. The monoisotopic (exact) mass is 258 g/mol. The molecule has 1 atom stereocenters. The van der Waals surface area contributed by atoms with Gasteiger partial charge in [0.1, 0.15) is 0 Å². The van der Waals surface area contributed by atoms with Gasteiger partial charge in [-0.05, 0) is 40.0 Å². The summed E-state index contributed by atoms with van der Waals surface area (Å²) >= 11 is 0. The number of carbonyl (C=O) groups is 1. The summed E-state index contributed by atoms with van der Waals surface area (Å²) in [4.78, 5) is 12.0. The number of amides is 1. The summed E-state index contributed by atoms with van der Waals surface area (Å²) in [5, 5.41) is 16.2. The molecular formula is C14H30N2O2. The summed E-state index contributed by atoms with van der Waals surface area (Å²) in [6.07, 6.45) is 2.26. The lowest BCUT2D eigenvalue weighted by atomic mass is 9.97. The lowest BCUT2D eigenvalue weighted by molar-refractivity contribution is -0.124. The van der Waals surface area contributed by atoms with Crippen LogP contribution in [0.2, 0.25) is 0 Å². The molecule has 0 aliphatic rings. The maximum absolute atomic E-state index is 12.0. The van der Waals surface area contributed by atoms with Crippen molar-refractivity contribution in [3.63, 3.8) is 0 Å². The molecule has 0 rings (SSSR count). The van der Waals surface area contributed by atoms with Gasteiger partial charge in [-0.3, -0.25) is 4.79 Å². The van der Waals surface area contributed by atoms with E-state index < -0.39 is 5.60 Å². The van der Waals surface area contributed by atoms with Crippen LogP contribution in [0.1, 0.15) is 60.8 Å². The van der Waals surface area contributed by atoms with Crippen LogP contribution in [0.3, 0.4) is 0 Å². The second-order valence-electron chi connectivity index (χ2n) is 5.76. The standard InChI is InChI=1S/C14H30N2O2/c1-7-13(5,6)16-12(17)11(4)15-10-14(18,8-2)9-3/h11,15,18H,7-10H2,1-6H3,(H,16,17). The van der Waals surface area contributed by atoms with Crippen LogP contribution in [0.15, 0.2) is 0 Å². The third-order valence-corrected chi connectivity index (χ3v) is 3.79. The third kappa shape index (κ3) is 5.83. The molecule has 4 heteroatoms. The molecule has 0 spiro atoms. The number of rotatable bonds is 8. The highest BCUT2D eigenvalue weighted by Crippen LogP contribution is 2.13. The van der Waals surface area contributed by atoms with Crippen molar-refractivity contribution >= 4 is 5.91 Å². The first-order valence-electron chi connectivity index (χ1n) is 6.97. The van der Waals surface area contributed by atoms with Gasteiger partial charge in [0.2, 0.25) is 5.91 Å². The lowest BCUT2D eigenvalue weighted by Gasteiger charge is -2.30. The lowest BCUT2D eigenvalue weighted by Crippen LogP contribution is -2.53. The average Bonchev–Trinajstić information content (AvgIpc) is 2.34. The summed E-state index contributed by atoms with van der Waals surface area (Å²) in [6.45, 7) is 12.2. The fourth-order valence-electron chi connectivity index (χ4n) is 1.47. The highest BCUT2D eigenvalue weighted by Gasteiger charge is 2.26. The molecule has 0 aromatic carbocycles. The van der Waals surface area contributed by atoms with Gasteiger partial charge in [-0.15, -0.1) is 0 Å². The van der Waals surface area contributed by atoms with E-state index >= 15 is 0 Å². The van der Waals surface area contributed by atoms with E-state index in [1.165, 1.54) is 0 Å². The van der Waals surface area contributed by atoms with Crippen molar-refractivity contribution in [2.24, 2.45) is 0 Å². The van der Waals surface area contributed by atoms with E-state index in [4.69, 9.17) is 0 Å². The zero-order chi connectivity index (χ0) is 14.4. The van der Waals surface area contributed by atoms with Crippen molar-refractivity contribution in [2.45, 2.75) is 78.0 Å². The van der Waals surface area contributed by atoms with Gasteiger partial charge in [-0.25, -0.2) is 0 Å². The van der Waals surface area contributed by atoms with Crippen molar-refractivity contribution in [1.82, 2.24) is 10.6 Å². The summed E-state index contributed by atoms with van der Waals surface area (Å²) in [5.41, 5.74) is -0.895. The molecule has 0 bridgehead atoms. The fraction of sp³-hybridized carbons (Fsp3) is 0.929. The number of nitrogens with one attached hydrogen (secondary N) is 2. The molecule has 1 unspecified atom stereocenters. The molecule has 0 aromatic heterocycles. The van der Waals surface area contributed by atoms with E-state index in [9.17, 15) is 9.90 Å². The minimum atomic E-state index is -0.713. The summed E-state index contributed by atoms with van der Waals surface area (Å²) in [6, 6.07) is -0.291. The maximum Gasteiger partial charge on any atom is 0.237 e. The molecule has 4 nitrogen and oxygen atoms in total. The Labute approximate surface area is 112 Å². The molecule has 0 saturated carbocycles. The number of hydrogen-bond donors (Lipinski definition) is 3. The molecule has 108 valence electrons. The van der Waals surface area contributed by atoms with Crippen LogP contribution in [0.4, 0.5) is 0 Å². The van der Waals surface area contributed by atoms with Crippen LogP contribution in [-0.2, 0) is 4.79 Å². The summed E-state index contributed by atoms with van der Waals surface area (Å²) < 4.78 is 0. The molecule has 0 aliphatic heterocycles. The number of hydrogen-bond acceptors (Lipinski definition) is 3. The third-order valence-electron chi connectivity index (χ3n) is 3.79. The van der Waals surface area contributed by atoms with E-state index in [2.05, 4.69) is 10.6 Å². The Bertz CT molecular complexity index is 261. The minimum absolute atomic E-state index is 0.0172. The van der Waals surface area contributed by atoms with Gasteiger partial charge in [0.15, 0.2) is 0 Å². The second kappa shape index (κ2) is 7.10. The van der Waals surface area contributed by atoms with Crippen LogP contribution in [0.5, 0.6) is 0 Å². The Kier molecular flexibility index (Phi) is 6.86. The Morgan fingerprint density at radius 1 is 1.17 bits per heavy atom. The van der Waals surface area contributed by atoms with Crippen LogP contribution < -0.4 is 10.6 Å². The number of aliphatic hydroxyl groups is 1. The van der Waals surface area contributed by atoms with Crippen molar-refractivity contribution < 1.29 is 9.90 Å². The molecule has 0 aromatic rings. The van der Waals surface area contributed by atoms with Gasteiger partial charge in [-0.1, -0.05) is 20.8 Å². The largest absolute Gasteiger partial charge is 0.389 e. The van der Waals surface area contributed by atoms with E-state index in [1.807, 2.05) is 41.5 Å². The SMILES string of the molecule is CCC(O)(CC)CNC(C)C(=O)NC(C)(C)CC. The quantitative estimate of drug-likeness (QED) is 0.622. The molecule has 0 aliphatic carbocycles. The van der Waals surface area contributed by atoms with Gasteiger partial charge < -0.3 is 15.7 Å². The zero-order valence-corrected chi connectivity index (χ0v) is 12.8. The van der Waals surface area contributed by atoms with Crippen LogP contribution in [-0.4, -0.2) is 34.7 Å². The van der Waals surface area contributed by atoms with Crippen LogP contribution in [0, 0.1) is 0 Å². The minimum Gasteiger partial charge on any atom is -0.389 e. The van der Waals surface area contributed by atoms with Crippen molar-refractivity contribution in [1.29, 1.82) is 0 Å². The predicted molar refractivity (Wildman–Crippen MR) is 75.5 cm³/mol. The Morgan fingerprint density at radius 2 is 1.67 bits per heavy atom. The van der Waals surface area contributed by atoms with Gasteiger partial charge in [0, 0.05) is 12.1 Å². The summed E-state index contributed by atoms with van der Waals surface area (Å²) in [5.74, 6) is -0.0172. The Hall–Kier alpha value is -0.610. The van der Waals surface area contributed by atoms with E-state index in [-0.39, 0.29) is 17.5 Å². The van der Waals surface area contributed by atoms with Gasteiger partial charge in [0.25, 0.3) is 0 Å². The molecule has 18 heavy (non-hydrogen) atoms. The van der Waals surface area contributed by atoms with Gasteiger partial charge >= 0.3 is 0 Å². The summed E-state index contributed by atoms with van der Waals surface area (Å²) in [7, 11) is 0. The smallest absolute Gasteiger partial charge is 0.237 e. The highest BCUT2D eigenvalue weighted by molar-refractivity contribution is 5.81. The van der Waals surface area contributed by atoms with E-state index in [0.717, 1.165) is 6.42 Å². The van der Waals surface area contributed by atoms with Crippen molar-refractivity contribution in [3.05, 3.63) is 0 Å². The first-order valence-corrected chi connectivity index (χ1v) is 6.97. The Balaban J connectivity index is 4.25. The molecule has 3 N–H and O–H groups in total. The molecule has 0 fully saturated rings. The molecular weight excluding hydrogens is 228 g/mol. The maximum atomic E-state index is 12.0. The van der Waals surface area contributed by atoms with E-state index in [0.29, 0.717) is 19.4 Å². The predicted octanol–water partition coefficient (Wildman–Crippen LogP) is 1.82. The van der Waals surface area contributed by atoms with Crippen LogP contribution >= 0.6 is 0 Å². The normalized spacial score (nSPS) is 14.4. The zero-order valence-electron chi connectivity index (χ0n) is 12.8. The first kappa shape index (κ1) is 17.4. The highest BCUT2D eigenvalue weighted by atomic mass is 16.3. The van der Waals surface area contributed by atoms with E-state index in [1.54, 1.807) is 0 Å². The van der Waals surface area contributed by atoms with Gasteiger partial charge in [0.05, 0.1) is 11.6 Å². The number of carbonyl (C=O) groups excluding carboxylic acids is 1. The van der Waals surface area contributed by atoms with Crippen molar-refractivity contribution in [3.8, 4) is 0 Å². The Morgan fingerprint density at radius 3 is 2.06 bits per heavy atom.